The zero-order valence-electron chi connectivity index (χ0n) is 13.5. The van der Waals surface area contributed by atoms with E-state index >= 15 is 0 Å². The molecule has 0 amide bonds. The van der Waals surface area contributed by atoms with Crippen molar-refractivity contribution in [3.63, 3.8) is 0 Å². The summed E-state index contributed by atoms with van der Waals surface area (Å²) in [6.07, 6.45) is 5.02. The normalized spacial score (nSPS) is 23.5. The van der Waals surface area contributed by atoms with E-state index in [4.69, 9.17) is 4.74 Å². The van der Waals surface area contributed by atoms with Crippen molar-refractivity contribution in [1.29, 1.82) is 0 Å². The molecule has 3 nitrogen and oxygen atoms in total. The predicted molar refractivity (Wildman–Crippen MR) is 82.6 cm³/mol. The van der Waals surface area contributed by atoms with Crippen LogP contribution in [-0.4, -0.2) is 51.3 Å². The van der Waals surface area contributed by atoms with Gasteiger partial charge in [0.15, 0.2) is 0 Å². The van der Waals surface area contributed by atoms with Gasteiger partial charge >= 0.3 is 0 Å². The highest BCUT2D eigenvalue weighted by Crippen LogP contribution is 2.23. The van der Waals surface area contributed by atoms with Crippen LogP contribution < -0.4 is 5.32 Å². The van der Waals surface area contributed by atoms with Crippen LogP contribution in [0.25, 0.3) is 0 Å². The van der Waals surface area contributed by atoms with Crippen molar-refractivity contribution in [2.75, 3.05) is 46.4 Å². The lowest BCUT2D eigenvalue weighted by Gasteiger charge is -2.35. The maximum atomic E-state index is 5.58. The van der Waals surface area contributed by atoms with Crippen molar-refractivity contribution < 1.29 is 4.74 Å². The van der Waals surface area contributed by atoms with Crippen molar-refractivity contribution in [3.8, 4) is 0 Å². The summed E-state index contributed by atoms with van der Waals surface area (Å²) in [5.74, 6) is 0.739. The fourth-order valence-corrected chi connectivity index (χ4v) is 2.97. The summed E-state index contributed by atoms with van der Waals surface area (Å²) >= 11 is 0. The van der Waals surface area contributed by atoms with Gasteiger partial charge in [0, 0.05) is 26.2 Å². The molecule has 0 spiro atoms. The third kappa shape index (κ3) is 6.73. The van der Waals surface area contributed by atoms with Gasteiger partial charge in [-0.25, -0.2) is 0 Å². The van der Waals surface area contributed by atoms with Crippen LogP contribution in [0.1, 0.15) is 46.5 Å². The van der Waals surface area contributed by atoms with Gasteiger partial charge in [-0.15, -0.1) is 0 Å². The van der Waals surface area contributed by atoms with Gasteiger partial charge in [-0.05, 0) is 50.6 Å². The Labute approximate surface area is 120 Å². The first-order valence-electron chi connectivity index (χ1n) is 8.06. The molecule has 114 valence electrons. The number of hydrogen-bond donors (Lipinski definition) is 1. The summed E-state index contributed by atoms with van der Waals surface area (Å²) in [5.41, 5.74) is 0.388. The fraction of sp³-hybridized carbons (Fsp3) is 1.00. The van der Waals surface area contributed by atoms with Gasteiger partial charge in [-0.3, -0.25) is 0 Å². The second-order valence-electron chi connectivity index (χ2n) is 6.62. The molecule has 1 heterocycles. The SMILES string of the molecule is CCCNCC(C)(CC)CN(C)CC1CCCOC1. The van der Waals surface area contributed by atoms with Gasteiger partial charge in [-0.1, -0.05) is 20.8 Å². The summed E-state index contributed by atoms with van der Waals surface area (Å²) in [7, 11) is 2.27. The molecule has 3 heteroatoms. The maximum Gasteiger partial charge on any atom is 0.0506 e. The Morgan fingerprint density at radius 1 is 1.37 bits per heavy atom. The van der Waals surface area contributed by atoms with E-state index in [0.29, 0.717) is 5.41 Å². The molecule has 19 heavy (non-hydrogen) atoms. The molecule has 0 aromatic rings. The van der Waals surface area contributed by atoms with E-state index < -0.39 is 0 Å². The molecule has 0 aromatic carbocycles. The predicted octanol–water partition coefficient (Wildman–Crippen LogP) is 2.76. The highest BCUT2D eigenvalue weighted by molar-refractivity contribution is 4.80. The van der Waals surface area contributed by atoms with E-state index in [1.807, 2.05) is 0 Å². The summed E-state index contributed by atoms with van der Waals surface area (Å²) in [5, 5.41) is 3.58. The molecular formula is C16H34N2O. The molecule has 0 bridgehead atoms. The van der Waals surface area contributed by atoms with E-state index in [1.54, 1.807) is 0 Å². The van der Waals surface area contributed by atoms with Crippen LogP contribution in [0.2, 0.25) is 0 Å². The van der Waals surface area contributed by atoms with Crippen LogP contribution in [0.15, 0.2) is 0 Å². The van der Waals surface area contributed by atoms with Gasteiger partial charge in [0.1, 0.15) is 0 Å². The number of rotatable bonds is 9. The first kappa shape index (κ1) is 16.9. The summed E-state index contributed by atoms with van der Waals surface area (Å²) in [6.45, 7) is 13.5. The van der Waals surface area contributed by atoms with Crippen LogP contribution in [-0.2, 0) is 4.74 Å². The smallest absolute Gasteiger partial charge is 0.0506 e. The molecule has 1 aliphatic heterocycles. The van der Waals surface area contributed by atoms with Gasteiger partial charge < -0.3 is 15.0 Å². The van der Waals surface area contributed by atoms with Gasteiger partial charge in [0.2, 0.25) is 0 Å². The minimum atomic E-state index is 0.388. The Kier molecular flexibility index (Phi) is 7.96. The van der Waals surface area contributed by atoms with Gasteiger partial charge in [0.25, 0.3) is 0 Å². The van der Waals surface area contributed by atoms with Gasteiger partial charge in [-0.2, -0.15) is 0 Å². The molecule has 0 radical (unpaired) electrons. The lowest BCUT2D eigenvalue weighted by molar-refractivity contribution is 0.0361. The molecule has 2 unspecified atom stereocenters. The first-order chi connectivity index (χ1) is 9.09. The van der Waals surface area contributed by atoms with Crippen molar-refractivity contribution in [3.05, 3.63) is 0 Å². The van der Waals surface area contributed by atoms with Crippen LogP contribution in [0.4, 0.5) is 0 Å². The molecule has 0 aliphatic carbocycles. The van der Waals surface area contributed by atoms with E-state index in [1.165, 1.54) is 38.8 Å². The van der Waals surface area contributed by atoms with Crippen LogP contribution >= 0.6 is 0 Å². The minimum Gasteiger partial charge on any atom is -0.381 e. The van der Waals surface area contributed by atoms with E-state index in [-0.39, 0.29) is 0 Å². The largest absolute Gasteiger partial charge is 0.381 e. The maximum absolute atomic E-state index is 5.58. The monoisotopic (exact) mass is 270 g/mol. The number of ether oxygens (including phenoxy) is 1. The average Bonchev–Trinajstić information content (AvgIpc) is 2.40. The molecular weight excluding hydrogens is 236 g/mol. The quantitative estimate of drug-likeness (QED) is 0.652. The Bertz CT molecular complexity index is 229. The highest BCUT2D eigenvalue weighted by atomic mass is 16.5. The second kappa shape index (κ2) is 8.93. The standard InChI is InChI=1S/C16H34N2O/c1-5-9-17-13-16(3,6-2)14-18(4)11-15-8-7-10-19-12-15/h15,17H,5-14H2,1-4H3. The van der Waals surface area contributed by atoms with Crippen LogP contribution in [0.5, 0.6) is 0 Å². The van der Waals surface area contributed by atoms with E-state index in [9.17, 15) is 0 Å². The van der Waals surface area contributed by atoms with Crippen molar-refractivity contribution in [2.24, 2.45) is 11.3 Å². The topological polar surface area (TPSA) is 24.5 Å². The lowest BCUT2D eigenvalue weighted by Crippen LogP contribution is -2.43. The zero-order valence-corrected chi connectivity index (χ0v) is 13.5. The highest BCUT2D eigenvalue weighted by Gasteiger charge is 2.25. The fourth-order valence-electron chi connectivity index (χ4n) is 2.97. The van der Waals surface area contributed by atoms with Crippen LogP contribution in [0.3, 0.4) is 0 Å². The summed E-state index contributed by atoms with van der Waals surface area (Å²) in [4.78, 5) is 2.51. The number of hydrogen-bond acceptors (Lipinski definition) is 3. The molecule has 1 N–H and O–H groups in total. The van der Waals surface area contributed by atoms with Crippen LogP contribution in [0, 0.1) is 11.3 Å². The van der Waals surface area contributed by atoms with Crippen molar-refractivity contribution in [2.45, 2.75) is 46.5 Å². The Balaban J connectivity index is 2.31. The van der Waals surface area contributed by atoms with Crippen molar-refractivity contribution >= 4 is 0 Å². The lowest BCUT2D eigenvalue weighted by atomic mass is 9.86. The Morgan fingerprint density at radius 2 is 2.16 bits per heavy atom. The Morgan fingerprint density at radius 3 is 2.74 bits per heavy atom. The summed E-state index contributed by atoms with van der Waals surface area (Å²) < 4.78 is 5.58. The first-order valence-corrected chi connectivity index (χ1v) is 8.06. The number of nitrogens with zero attached hydrogens (tertiary/aromatic N) is 1. The molecule has 1 rings (SSSR count). The Hall–Kier alpha value is -0.120. The number of nitrogens with one attached hydrogen (secondary N) is 1. The molecule has 1 fully saturated rings. The molecule has 0 saturated carbocycles. The third-order valence-corrected chi connectivity index (χ3v) is 4.31. The van der Waals surface area contributed by atoms with Gasteiger partial charge in [0.05, 0.1) is 6.61 Å². The average molecular weight is 270 g/mol. The molecule has 2 atom stereocenters. The third-order valence-electron chi connectivity index (χ3n) is 4.31. The molecule has 0 aromatic heterocycles. The second-order valence-corrected chi connectivity index (χ2v) is 6.62. The zero-order chi connectivity index (χ0) is 14.1. The van der Waals surface area contributed by atoms with Crippen molar-refractivity contribution in [1.82, 2.24) is 10.2 Å². The minimum absolute atomic E-state index is 0.388. The molecule has 1 saturated heterocycles. The molecule has 1 aliphatic rings. The van der Waals surface area contributed by atoms with E-state index in [0.717, 1.165) is 32.2 Å². The summed E-state index contributed by atoms with van der Waals surface area (Å²) in [6, 6.07) is 0. The van der Waals surface area contributed by atoms with E-state index in [2.05, 4.69) is 38.0 Å².